The van der Waals surface area contributed by atoms with Crippen LogP contribution >= 0.6 is 0 Å². The van der Waals surface area contributed by atoms with E-state index < -0.39 is 0 Å². The van der Waals surface area contributed by atoms with E-state index in [1.165, 1.54) is 11.1 Å². The summed E-state index contributed by atoms with van der Waals surface area (Å²) in [6.07, 6.45) is 2.99. The largest absolute Gasteiger partial charge is 0.497 e. The molecule has 0 saturated heterocycles. The van der Waals surface area contributed by atoms with Crippen molar-refractivity contribution in [3.8, 4) is 5.75 Å². The van der Waals surface area contributed by atoms with Gasteiger partial charge in [0.2, 0.25) is 0 Å². The Morgan fingerprint density at radius 1 is 1.10 bits per heavy atom. The Hall–Kier alpha value is -1.84. The Labute approximate surface area is 127 Å². The fourth-order valence-electron chi connectivity index (χ4n) is 2.20. The molecular formula is C18H23N2O. The second kappa shape index (κ2) is 8.45. The summed E-state index contributed by atoms with van der Waals surface area (Å²) in [7, 11) is 1.68. The first-order valence-electron chi connectivity index (χ1n) is 7.24. The second-order valence-electron chi connectivity index (χ2n) is 5.07. The first-order valence-corrected chi connectivity index (χ1v) is 7.24. The van der Waals surface area contributed by atoms with Crippen LogP contribution in [-0.4, -0.2) is 19.7 Å². The van der Waals surface area contributed by atoms with Crippen LogP contribution in [-0.2, 0) is 13.0 Å². The number of nitrogens with one attached hydrogen (secondary N) is 1. The zero-order chi connectivity index (χ0) is 14.9. The minimum Gasteiger partial charge on any atom is -0.497 e. The molecule has 3 nitrogen and oxygen atoms in total. The summed E-state index contributed by atoms with van der Waals surface area (Å²) in [5.74, 6) is 0.888. The lowest BCUT2D eigenvalue weighted by molar-refractivity contribution is 0.414. The molecule has 21 heavy (non-hydrogen) atoms. The van der Waals surface area contributed by atoms with Gasteiger partial charge in [-0.2, -0.15) is 0 Å². The Morgan fingerprint density at radius 3 is 2.62 bits per heavy atom. The van der Waals surface area contributed by atoms with Gasteiger partial charge in [-0.05, 0) is 36.1 Å². The fourth-order valence-corrected chi connectivity index (χ4v) is 2.20. The maximum Gasteiger partial charge on any atom is 0.119 e. The molecule has 3 heteroatoms. The highest BCUT2D eigenvalue weighted by Gasteiger charge is 2.04. The Balaban J connectivity index is 1.67. The molecular weight excluding hydrogens is 260 g/mol. The minimum atomic E-state index is 0.0743. The maximum atomic E-state index is 6.12. The predicted molar refractivity (Wildman–Crippen MR) is 87.1 cm³/mol. The highest BCUT2D eigenvalue weighted by Crippen LogP contribution is 2.12. The molecule has 0 fully saturated rings. The third kappa shape index (κ3) is 5.58. The number of benzene rings is 2. The van der Waals surface area contributed by atoms with Crippen molar-refractivity contribution >= 4 is 0 Å². The standard InChI is InChI=1S/C18H23N2O/c1-21-18-9-5-8-16(13-18)14-20-11-10-17(19)12-15-6-3-2-4-7-15/h2-10,13,17,20H,11-12,14,19H2,1H3/t17-/m0/s1. The summed E-state index contributed by atoms with van der Waals surface area (Å²) in [4.78, 5) is 0. The van der Waals surface area contributed by atoms with Crippen molar-refractivity contribution in [2.75, 3.05) is 13.7 Å². The molecule has 0 aliphatic heterocycles. The summed E-state index contributed by atoms with van der Waals surface area (Å²) < 4.78 is 5.21. The topological polar surface area (TPSA) is 47.3 Å². The summed E-state index contributed by atoms with van der Waals surface area (Å²) in [6.45, 7) is 1.61. The van der Waals surface area contributed by atoms with Gasteiger partial charge in [0.25, 0.3) is 0 Å². The molecule has 3 N–H and O–H groups in total. The van der Waals surface area contributed by atoms with E-state index in [4.69, 9.17) is 10.5 Å². The normalized spacial score (nSPS) is 12.1. The molecule has 111 valence electrons. The van der Waals surface area contributed by atoms with E-state index in [2.05, 4.69) is 29.9 Å². The quantitative estimate of drug-likeness (QED) is 0.732. The molecule has 0 aromatic heterocycles. The molecule has 0 saturated carbocycles. The first kappa shape index (κ1) is 15.5. The van der Waals surface area contributed by atoms with Crippen LogP contribution in [0.1, 0.15) is 11.1 Å². The molecule has 2 aromatic carbocycles. The lowest BCUT2D eigenvalue weighted by atomic mass is 10.0. The summed E-state index contributed by atoms with van der Waals surface area (Å²) in [6, 6.07) is 18.5. The summed E-state index contributed by atoms with van der Waals surface area (Å²) >= 11 is 0. The Bertz CT molecular complexity index is 528. The Morgan fingerprint density at radius 2 is 1.86 bits per heavy atom. The average molecular weight is 283 g/mol. The van der Waals surface area contributed by atoms with Crippen LogP contribution in [0.3, 0.4) is 0 Å². The van der Waals surface area contributed by atoms with Crippen LogP contribution in [0.25, 0.3) is 0 Å². The molecule has 0 amide bonds. The number of rotatable bonds is 8. The van der Waals surface area contributed by atoms with Gasteiger partial charge in [0.15, 0.2) is 0 Å². The molecule has 0 heterocycles. The van der Waals surface area contributed by atoms with E-state index in [1.54, 1.807) is 7.11 Å². The van der Waals surface area contributed by atoms with Gasteiger partial charge < -0.3 is 15.8 Å². The van der Waals surface area contributed by atoms with Crippen molar-refractivity contribution in [1.82, 2.24) is 5.32 Å². The molecule has 0 aliphatic rings. The van der Waals surface area contributed by atoms with Crippen LogP contribution < -0.4 is 15.8 Å². The lowest BCUT2D eigenvalue weighted by Crippen LogP contribution is -2.29. The maximum absolute atomic E-state index is 6.12. The van der Waals surface area contributed by atoms with E-state index in [-0.39, 0.29) is 6.04 Å². The van der Waals surface area contributed by atoms with Crippen molar-refractivity contribution in [3.05, 3.63) is 72.1 Å². The van der Waals surface area contributed by atoms with E-state index in [0.717, 1.165) is 25.3 Å². The molecule has 0 unspecified atom stereocenters. The number of hydrogen-bond donors (Lipinski definition) is 2. The van der Waals surface area contributed by atoms with Crippen LogP contribution in [0.4, 0.5) is 0 Å². The van der Waals surface area contributed by atoms with Gasteiger partial charge in [0.1, 0.15) is 5.75 Å². The number of methoxy groups -OCH3 is 1. The third-order valence-electron chi connectivity index (χ3n) is 3.34. The van der Waals surface area contributed by atoms with Crippen molar-refractivity contribution in [2.24, 2.45) is 5.73 Å². The molecule has 0 bridgehead atoms. The first-order chi connectivity index (χ1) is 10.3. The second-order valence-corrected chi connectivity index (χ2v) is 5.07. The van der Waals surface area contributed by atoms with Crippen LogP contribution in [0.15, 0.2) is 54.6 Å². The van der Waals surface area contributed by atoms with Crippen molar-refractivity contribution in [3.63, 3.8) is 0 Å². The minimum absolute atomic E-state index is 0.0743. The van der Waals surface area contributed by atoms with Gasteiger partial charge >= 0.3 is 0 Å². The van der Waals surface area contributed by atoms with Crippen molar-refractivity contribution in [2.45, 2.75) is 19.0 Å². The predicted octanol–water partition coefficient (Wildman–Crippen LogP) is 2.56. The molecule has 2 aromatic rings. The molecule has 2 rings (SSSR count). The van der Waals surface area contributed by atoms with Gasteiger partial charge in [-0.1, -0.05) is 42.5 Å². The average Bonchev–Trinajstić information content (AvgIpc) is 2.53. The van der Waals surface area contributed by atoms with E-state index in [9.17, 15) is 0 Å². The number of nitrogens with two attached hydrogens (primary N) is 1. The van der Waals surface area contributed by atoms with Crippen LogP contribution in [0.2, 0.25) is 0 Å². The zero-order valence-electron chi connectivity index (χ0n) is 12.5. The summed E-state index contributed by atoms with van der Waals surface area (Å²) in [5, 5.41) is 3.38. The van der Waals surface area contributed by atoms with E-state index in [0.29, 0.717) is 0 Å². The van der Waals surface area contributed by atoms with Crippen molar-refractivity contribution < 1.29 is 4.74 Å². The van der Waals surface area contributed by atoms with Crippen LogP contribution in [0.5, 0.6) is 5.75 Å². The van der Waals surface area contributed by atoms with Crippen molar-refractivity contribution in [1.29, 1.82) is 0 Å². The van der Waals surface area contributed by atoms with Crippen LogP contribution in [0, 0.1) is 6.42 Å². The highest BCUT2D eigenvalue weighted by atomic mass is 16.5. The van der Waals surface area contributed by atoms with E-state index >= 15 is 0 Å². The van der Waals surface area contributed by atoms with Gasteiger partial charge in [0, 0.05) is 19.1 Å². The molecule has 1 radical (unpaired) electrons. The molecule has 0 aliphatic carbocycles. The smallest absolute Gasteiger partial charge is 0.119 e. The van der Waals surface area contributed by atoms with Gasteiger partial charge in [-0.15, -0.1) is 0 Å². The number of hydrogen-bond acceptors (Lipinski definition) is 3. The highest BCUT2D eigenvalue weighted by molar-refractivity contribution is 5.28. The molecule has 1 atom stereocenters. The monoisotopic (exact) mass is 283 g/mol. The summed E-state index contributed by atoms with van der Waals surface area (Å²) in [5.41, 5.74) is 8.60. The zero-order valence-corrected chi connectivity index (χ0v) is 12.5. The Kier molecular flexibility index (Phi) is 6.25. The lowest BCUT2D eigenvalue weighted by Gasteiger charge is -2.12. The fraction of sp³-hybridized carbons (Fsp3) is 0.278. The van der Waals surface area contributed by atoms with Gasteiger partial charge in [0.05, 0.1) is 7.11 Å². The van der Waals surface area contributed by atoms with E-state index in [1.807, 2.05) is 36.4 Å². The van der Waals surface area contributed by atoms with Gasteiger partial charge in [-0.3, -0.25) is 0 Å². The number of ether oxygens (including phenoxy) is 1. The molecule has 0 spiro atoms. The third-order valence-corrected chi connectivity index (χ3v) is 3.34. The SMILES string of the molecule is COc1cccc(CNC[CH][C@H](N)Cc2ccccc2)c1. The van der Waals surface area contributed by atoms with Gasteiger partial charge in [-0.25, -0.2) is 0 Å².